The van der Waals surface area contributed by atoms with E-state index in [1.807, 2.05) is 53.8 Å². The highest BCUT2D eigenvalue weighted by Gasteiger charge is 2.16. The van der Waals surface area contributed by atoms with E-state index in [9.17, 15) is 4.39 Å². The lowest BCUT2D eigenvalue weighted by molar-refractivity contribution is 0.134. The van der Waals surface area contributed by atoms with Crippen LogP contribution in [0.4, 0.5) is 4.39 Å². The molecule has 0 saturated carbocycles. The molecule has 0 aliphatic carbocycles. The molecule has 0 unspecified atom stereocenters. The molecule has 16 nitrogen and oxygen atoms in total. The minimum atomic E-state index is -0.266. The number of aromatic amines is 1. The average molecular weight is 1290 g/mol. The maximum absolute atomic E-state index is 11.3. The first-order chi connectivity index (χ1) is 37.6. The molecule has 89 heavy (non-hydrogen) atoms. The summed E-state index contributed by atoms with van der Waals surface area (Å²) in [5.74, 6) is 0. The molecule has 4 aliphatic heterocycles. The van der Waals surface area contributed by atoms with Crippen LogP contribution >= 0.6 is 0 Å². The van der Waals surface area contributed by atoms with Crippen LogP contribution < -0.4 is 43.0 Å². The van der Waals surface area contributed by atoms with Gasteiger partial charge in [-0.25, -0.2) is 9.37 Å². The van der Waals surface area contributed by atoms with E-state index in [0.717, 1.165) is 58.3 Å². The summed E-state index contributed by atoms with van der Waals surface area (Å²) in [6, 6.07) is 5.22. The van der Waals surface area contributed by atoms with Crippen molar-refractivity contribution in [3.63, 3.8) is 0 Å². The van der Waals surface area contributed by atoms with E-state index in [0.29, 0.717) is 61.0 Å². The number of alkyl halides is 1. The SMILES string of the molecule is C.C.C.C.C.C.C.C.C.C=CCNC(C)C.CC(C)N.CC(C)N1CCC1.CC(C)NCCF.CC(C)NCCN(C)C.CC(C)NCCN1CC1.CC(C)NCCN1CCC1.CC(C)NCCN1CCCC1.CC(C)NCCc1cnc[nH]1.COC(C)C. The Morgan fingerprint density at radius 3 is 1.03 bits per heavy atom. The van der Waals surface area contributed by atoms with E-state index >= 15 is 0 Å². The number of H-pyrrole nitrogens is 1. The summed E-state index contributed by atoms with van der Waals surface area (Å²) in [5, 5.41) is 23.0. The third-order valence-corrected chi connectivity index (χ3v) is 11.7. The first kappa shape index (κ1) is 121. The van der Waals surface area contributed by atoms with Gasteiger partial charge < -0.3 is 72.3 Å². The third kappa shape index (κ3) is 121. The van der Waals surface area contributed by atoms with Crippen molar-refractivity contribution in [1.29, 1.82) is 0 Å². The number of imidazole rings is 1. The molecule has 0 spiro atoms. The van der Waals surface area contributed by atoms with Gasteiger partial charge in [0, 0.05) is 159 Å². The van der Waals surface area contributed by atoms with Crippen molar-refractivity contribution in [2.45, 2.75) is 298 Å². The Morgan fingerprint density at radius 1 is 0.517 bits per heavy atom. The summed E-state index contributed by atoms with van der Waals surface area (Å²) in [6.45, 7) is 68.0. The number of aromatic nitrogens is 2. The van der Waals surface area contributed by atoms with Crippen molar-refractivity contribution < 1.29 is 9.13 Å². The smallest absolute Gasteiger partial charge is 0.102 e. The van der Waals surface area contributed by atoms with E-state index in [1.165, 1.54) is 103 Å². The molecule has 5 rings (SSSR count). The van der Waals surface area contributed by atoms with Crippen LogP contribution in [0.15, 0.2) is 25.2 Å². The Hall–Kier alpha value is -1.68. The summed E-state index contributed by atoms with van der Waals surface area (Å²) in [6.07, 6.45) is 12.5. The number of likely N-dealkylation sites (tertiary alicyclic amines) is 3. The Labute approximate surface area is 565 Å². The van der Waals surface area contributed by atoms with Gasteiger partial charge in [-0.05, 0) is 113 Å². The number of rotatable bonds is 28. The summed E-state index contributed by atoms with van der Waals surface area (Å²) in [4.78, 5) is 19.1. The Kier molecular flexibility index (Phi) is 120. The number of ether oxygens (including phenoxy) is 1. The normalized spacial score (nSPS) is 13.3. The van der Waals surface area contributed by atoms with E-state index in [2.05, 4.69) is 189 Å². The van der Waals surface area contributed by atoms with Crippen LogP contribution in [0.25, 0.3) is 0 Å². The first-order valence-electron chi connectivity index (χ1n) is 31.7. The number of halogens is 1. The number of nitrogens with two attached hydrogens (primary N) is 1. The van der Waals surface area contributed by atoms with Crippen molar-refractivity contribution in [3.8, 4) is 0 Å². The molecule has 1 aromatic rings. The fraction of sp³-hybridized carbons (Fsp3) is 0.931. The van der Waals surface area contributed by atoms with Crippen LogP contribution in [0, 0.1) is 0 Å². The van der Waals surface area contributed by atoms with Crippen molar-refractivity contribution in [2.75, 3.05) is 152 Å². The summed E-state index contributed by atoms with van der Waals surface area (Å²) >= 11 is 0. The molecule has 0 atom stereocenters. The maximum Gasteiger partial charge on any atom is 0.102 e. The topological polar surface area (TPSA) is 164 Å². The van der Waals surface area contributed by atoms with Gasteiger partial charge in [0.2, 0.25) is 0 Å². The lowest BCUT2D eigenvalue weighted by atomic mass is 10.2. The van der Waals surface area contributed by atoms with E-state index in [1.54, 1.807) is 13.4 Å². The number of hydrogen-bond acceptors (Lipinski definition) is 15. The minimum absolute atomic E-state index is 0. The van der Waals surface area contributed by atoms with E-state index in [-0.39, 0.29) is 73.5 Å². The van der Waals surface area contributed by atoms with Gasteiger partial charge in [-0.3, -0.25) is 4.90 Å². The second-order valence-corrected chi connectivity index (χ2v) is 24.4. The second kappa shape index (κ2) is 88.4. The van der Waals surface area contributed by atoms with Crippen molar-refractivity contribution >= 4 is 0 Å². The number of likely N-dealkylation sites (N-methyl/N-ethyl adjacent to an activating group) is 1. The van der Waals surface area contributed by atoms with Gasteiger partial charge in [0.25, 0.3) is 0 Å². The molecule has 1 aromatic heterocycles. The summed E-state index contributed by atoms with van der Waals surface area (Å²) in [5.41, 5.74) is 6.30. The second-order valence-electron chi connectivity index (χ2n) is 24.4. The number of methoxy groups -OCH3 is 1. The molecule has 0 radical (unpaired) electrons. The number of hydrogen-bond donors (Lipinski definition) is 9. The Bertz CT molecular complexity index is 1260. The molecule has 556 valence electrons. The van der Waals surface area contributed by atoms with Crippen LogP contribution in [-0.4, -0.2) is 247 Å². The first-order valence-corrected chi connectivity index (χ1v) is 31.7. The van der Waals surface area contributed by atoms with E-state index < -0.39 is 0 Å². The van der Waals surface area contributed by atoms with Crippen LogP contribution in [-0.2, 0) is 11.2 Å². The number of nitrogens with zero attached hydrogens (tertiary/aromatic N) is 6. The van der Waals surface area contributed by atoms with Crippen LogP contribution in [0.3, 0.4) is 0 Å². The standard InChI is InChI=1S/C9H20N2.C8H15N3.C8H18N2.C7H16N2.C7H18N2.2C6H13N.C5H12FN.C4H10O.C3H9N.9CH4/c1-9(2)10-5-8-11-6-3-4-7-11;1-7(2)10-4-3-8-5-9-6-11-8;1-8(2)9-4-7-10-5-3-6-10;1-7(2)8-3-4-9-5-6-9;1-7(2)8-5-6-9(3)4;1-6(2)7-4-3-5-7;1-4-5-7-6(2)3;1-5(2)7-4-3-6;1-4(2)5-3;1-3(2)4;;;;;;;;;/h9-10H,3-8H2,1-2H3;5-7,10H,3-4H2,1-2H3,(H,9,11);8-9H,3-7H2,1-2H3;7-8H,3-6H2,1-2H3;7-8H,5-6H2,1-4H3;6H,3-5H2,1-2H3;4,6-7H,1,5H2,2-3H3;5,7H,3-4H2,1-2H3;4H,1-3H3;3H,4H2,1-2H3;9*1H4. The predicted octanol–water partition coefficient (Wildman–Crippen LogP) is 13.9. The van der Waals surface area contributed by atoms with Gasteiger partial charge >= 0.3 is 0 Å². The zero-order valence-corrected chi connectivity index (χ0v) is 57.4. The van der Waals surface area contributed by atoms with Crippen molar-refractivity contribution in [1.82, 2.24) is 71.7 Å². The maximum atomic E-state index is 11.3. The van der Waals surface area contributed by atoms with Gasteiger partial charge in [-0.15, -0.1) is 6.58 Å². The third-order valence-electron chi connectivity index (χ3n) is 11.7. The fourth-order valence-electron chi connectivity index (χ4n) is 6.45. The lowest BCUT2D eigenvalue weighted by Gasteiger charge is -2.34. The van der Waals surface area contributed by atoms with Gasteiger partial charge in [0.1, 0.15) is 6.67 Å². The van der Waals surface area contributed by atoms with Crippen LogP contribution in [0.1, 0.15) is 237 Å². The molecular weight excluding hydrogens is 1110 g/mol. The zero-order chi connectivity index (χ0) is 62.1. The minimum Gasteiger partial charge on any atom is -0.382 e. The van der Waals surface area contributed by atoms with E-state index in [4.69, 9.17) is 10.5 Å². The summed E-state index contributed by atoms with van der Waals surface area (Å²) < 4.78 is 16.0. The average Bonchev–Trinajstić information content (AvgIpc) is 3.71. The van der Waals surface area contributed by atoms with Gasteiger partial charge in [0.15, 0.2) is 0 Å². The van der Waals surface area contributed by atoms with Crippen LogP contribution in [0.5, 0.6) is 0 Å². The molecule has 0 bridgehead atoms. The molecular formula is C72H180FN15O. The van der Waals surface area contributed by atoms with Gasteiger partial charge in [-0.2, -0.15) is 0 Å². The monoisotopic (exact) mass is 1290 g/mol. The van der Waals surface area contributed by atoms with Gasteiger partial charge in [0.05, 0.1) is 12.4 Å². The molecule has 10 N–H and O–H groups in total. The predicted molar refractivity (Wildman–Crippen MR) is 416 cm³/mol. The molecule has 17 heteroatoms. The molecule has 5 heterocycles. The molecule has 4 aliphatic rings. The molecule has 4 saturated heterocycles. The van der Waals surface area contributed by atoms with Crippen LogP contribution in [0.2, 0.25) is 0 Å². The Balaban J connectivity index is -0.0000000585. The van der Waals surface area contributed by atoms with Crippen molar-refractivity contribution in [3.05, 3.63) is 30.9 Å². The quantitative estimate of drug-likeness (QED) is 0.0287. The zero-order valence-electron chi connectivity index (χ0n) is 57.4. The highest BCUT2D eigenvalue weighted by molar-refractivity contribution is 4.94. The molecule has 4 fully saturated rings. The largest absolute Gasteiger partial charge is 0.382 e. The Morgan fingerprint density at radius 2 is 0.831 bits per heavy atom. The lowest BCUT2D eigenvalue weighted by Crippen LogP contribution is -2.42. The highest BCUT2D eigenvalue weighted by Crippen LogP contribution is 2.09. The molecule has 0 aromatic carbocycles. The van der Waals surface area contributed by atoms with Crippen molar-refractivity contribution in [2.24, 2.45) is 5.73 Å². The molecule has 0 amide bonds. The summed E-state index contributed by atoms with van der Waals surface area (Å²) in [7, 11) is 5.87. The van der Waals surface area contributed by atoms with Gasteiger partial charge in [-0.1, -0.05) is 184 Å². The fourth-order valence-corrected chi connectivity index (χ4v) is 6.45. The highest BCUT2D eigenvalue weighted by atomic mass is 19.1. The number of nitrogens with one attached hydrogen (secondary N) is 8.